The molecule has 1 amide bonds. The van der Waals surface area contributed by atoms with Crippen molar-refractivity contribution in [3.63, 3.8) is 0 Å². The molecule has 0 radical (unpaired) electrons. The molecule has 1 heterocycles. The number of hydrogen-bond donors (Lipinski definition) is 1. The smallest absolute Gasteiger partial charge is 0.331 e. The molecule has 1 aliphatic rings. The van der Waals surface area contributed by atoms with Gasteiger partial charge in [0.05, 0.1) is 10.6 Å². The second kappa shape index (κ2) is 11.9. The SMILES string of the molecule is O=C(COC(=O)C=Cc1cn(-c2ccccc2)nc1-c1cccc([N+](=O)[O-])c1)NCC1CCCCC1. The zero-order valence-electron chi connectivity index (χ0n) is 19.8. The van der Waals surface area contributed by atoms with E-state index >= 15 is 0 Å². The topological polar surface area (TPSA) is 116 Å². The predicted molar refractivity (Wildman–Crippen MR) is 135 cm³/mol. The molecular weight excluding hydrogens is 460 g/mol. The first-order valence-corrected chi connectivity index (χ1v) is 12.0. The third kappa shape index (κ3) is 6.65. The molecule has 1 aliphatic carbocycles. The second-order valence-corrected chi connectivity index (χ2v) is 8.77. The number of benzene rings is 2. The Morgan fingerprint density at radius 3 is 2.64 bits per heavy atom. The van der Waals surface area contributed by atoms with E-state index in [1.807, 2.05) is 30.3 Å². The Balaban J connectivity index is 1.45. The van der Waals surface area contributed by atoms with E-state index < -0.39 is 10.9 Å². The first kappa shape index (κ1) is 24.8. The first-order chi connectivity index (χ1) is 17.5. The number of rotatable bonds is 9. The van der Waals surface area contributed by atoms with Gasteiger partial charge in [0.15, 0.2) is 6.61 Å². The largest absolute Gasteiger partial charge is 0.452 e. The van der Waals surface area contributed by atoms with Crippen molar-refractivity contribution in [3.8, 4) is 16.9 Å². The summed E-state index contributed by atoms with van der Waals surface area (Å²) in [6.07, 6.45) is 10.4. The van der Waals surface area contributed by atoms with Gasteiger partial charge in [-0.25, -0.2) is 9.48 Å². The van der Waals surface area contributed by atoms with Crippen molar-refractivity contribution in [1.29, 1.82) is 0 Å². The summed E-state index contributed by atoms with van der Waals surface area (Å²) in [5.74, 6) is -0.497. The number of carbonyl (C=O) groups excluding carboxylic acids is 2. The maximum Gasteiger partial charge on any atom is 0.331 e. The molecular formula is C27H28N4O5. The van der Waals surface area contributed by atoms with Gasteiger partial charge in [0.2, 0.25) is 0 Å². The molecule has 3 aromatic rings. The zero-order valence-corrected chi connectivity index (χ0v) is 19.8. The number of hydrogen-bond acceptors (Lipinski definition) is 6. The molecule has 0 atom stereocenters. The molecule has 1 saturated carbocycles. The van der Waals surface area contributed by atoms with Crippen molar-refractivity contribution >= 4 is 23.6 Å². The minimum Gasteiger partial charge on any atom is -0.452 e. The highest BCUT2D eigenvalue weighted by molar-refractivity contribution is 5.90. The molecule has 9 heteroatoms. The number of nitrogens with zero attached hydrogens (tertiary/aromatic N) is 3. The summed E-state index contributed by atoms with van der Waals surface area (Å²) in [6.45, 7) is 0.258. The van der Waals surface area contributed by atoms with Crippen molar-refractivity contribution in [2.75, 3.05) is 13.2 Å². The summed E-state index contributed by atoms with van der Waals surface area (Å²) < 4.78 is 6.74. The second-order valence-electron chi connectivity index (χ2n) is 8.77. The summed E-state index contributed by atoms with van der Waals surface area (Å²) in [4.78, 5) is 35.1. The third-order valence-corrected chi connectivity index (χ3v) is 6.15. The lowest BCUT2D eigenvalue weighted by Crippen LogP contribution is -2.33. The van der Waals surface area contributed by atoms with Crippen LogP contribution in [0.5, 0.6) is 0 Å². The Hall–Kier alpha value is -4.27. The van der Waals surface area contributed by atoms with E-state index in [1.54, 1.807) is 23.0 Å². The lowest BCUT2D eigenvalue weighted by Gasteiger charge is -2.21. The van der Waals surface area contributed by atoms with Crippen LogP contribution >= 0.6 is 0 Å². The van der Waals surface area contributed by atoms with E-state index in [1.165, 1.54) is 43.5 Å². The van der Waals surface area contributed by atoms with Crippen molar-refractivity contribution in [2.24, 2.45) is 5.92 Å². The molecule has 0 bridgehead atoms. The summed E-state index contributed by atoms with van der Waals surface area (Å²) in [5.41, 5.74) is 2.31. The number of nitro groups is 1. The predicted octanol–water partition coefficient (Wildman–Crippen LogP) is 4.70. The van der Waals surface area contributed by atoms with Gasteiger partial charge < -0.3 is 10.1 Å². The first-order valence-electron chi connectivity index (χ1n) is 12.0. The fraction of sp³-hybridized carbons (Fsp3) is 0.296. The number of non-ortho nitro benzene ring substituents is 1. The number of aromatic nitrogens is 2. The minimum absolute atomic E-state index is 0.0599. The molecule has 2 aromatic carbocycles. The van der Waals surface area contributed by atoms with Gasteiger partial charge in [-0.2, -0.15) is 5.10 Å². The summed E-state index contributed by atoms with van der Waals surface area (Å²) >= 11 is 0. The highest BCUT2D eigenvalue weighted by Crippen LogP contribution is 2.28. The van der Waals surface area contributed by atoms with Gasteiger partial charge in [-0.3, -0.25) is 14.9 Å². The van der Waals surface area contributed by atoms with Crippen LogP contribution in [0.15, 0.2) is 66.9 Å². The van der Waals surface area contributed by atoms with Crippen LogP contribution in [0.25, 0.3) is 23.0 Å². The van der Waals surface area contributed by atoms with Gasteiger partial charge in [-0.1, -0.05) is 49.6 Å². The van der Waals surface area contributed by atoms with Crippen molar-refractivity contribution in [1.82, 2.24) is 15.1 Å². The van der Waals surface area contributed by atoms with Gasteiger partial charge in [0.25, 0.3) is 11.6 Å². The highest BCUT2D eigenvalue weighted by Gasteiger charge is 2.16. The van der Waals surface area contributed by atoms with Crippen LogP contribution in [0, 0.1) is 16.0 Å². The van der Waals surface area contributed by atoms with E-state index in [9.17, 15) is 19.7 Å². The van der Waals surface area contributed by atoms with E-state index in [0.29, 0.717) is 29.3 Å². The summed E-state index contributed by atoms with van der Waals surface area (Å²) in [7, 11) is 0. The third-order valence-electron chi connectivity index (χ3n) is 6.15. The lowest BCUT2D eigenvalue weighted by atomic mass is 9.89. The molecule has 0 aliphatic heterocycles. The Kier molecular flexibility index (Phi) is 8.23. The Morgan fingerprint density at radius 2 is 1.89 bits per heavy atom. The maximum absolute atomic E-state index is 12.3. The number of nitrogens with one attached hydrogen (secondary N) is 1. The van der Waals surface area contributed by atoms with Gasteiger partial charge >= 0.3 is 5.97 Å². The molecule has 0 unspecified atom stereocenters. The number of nitro benzene ring substituents is 1. The molecule has 0 spiro atoms. The van der Waals surface area contributed by atoms with Gasteiger partial charge in [-0.05, 0) is 37.0 Å². The molecule has 1 N–H and O–H groups in total. The average Bonchev–Trinajstić information content (AvgIpc) is 3.35. The average molecular weight is 489 g/mol. The zero-order chi connectivity index (χ0) is 25.3. The molecule has 36 heavy (non-hydrogen) atoms. The Bertz CT molecular complexity index is 1250. The van der Waals surface area contributed by atoms with Crippen LogP contribution in [0.4, 0.5) is 5.69 Å². The van der Waals surface area contributed by atoms with Gasteiger partial charge in [0, 0.05) is 42.1 Å². The Morgan fingerprint density at radius 1 is 1.11 bits per heavy atom. The van der Waals surface area contributed by atoms with Crippen molar-refractivity contribution in [2.45, 2.75) is 32.1 Å². The fourth-order valence-corrected chi connectivity index (χ4v) is 4.26. The lowest BCUT2D eigenvalue weighted by molar-refractivity contribution is -0.384. The monoisotopic (exact) mass is 488 g/mol. The quantitative estimate of drug-likeness (QED) is 0.202. The standard InChI is InChI=1S/C27H28N4O5/c32-25(28-17-20-8-3-1-4-9-20)19-36-26(33)15-14-22-18-30(23-11-5-2-6-12-23)29-27(22)21-10-7-13-24(16-21)31(34)35/h2,5-7,10-16,18,20H,1,3-4,8-9,17,19H2,(H,28,32). The van der Waals surface area contributed by atoms with E-state index in [-0.39, 0.29) is 18.2 Å². The maximum atomic E-state index is 12.3. The van der Waals surface area contributed by atoms with Crippen LogP contribution in [0.1, 0.15) is 37.7 Å². The minimum atomic E-state index is -0.666. The van der Waals surface area contributed by atoms with Crippen molar-refractivity contribution < 1.29 is 19.2 Å². The van der Waals surface area contributed by atoms with Crippen LogP contribution in [0.3, 0.4) is 0 Å². The van der Waals surface area contributed by atoms with Crippen molar-refractivity contribution in [3.05, 3.63) is 82.5 Å². The fourth-order valence-electron chi connectivity index (χ4n) is 4.26. The number of esters is 1. The molecule has 186 valence electrons. The van der Waals surface area contributed by atoms with Gasteiger partial charge in [-0.15, -0.1) is 0 Å². The number of ether oxygens (including phenoxy) is 1. The number of carbonyl (C=O) groups is 2. The Labute approximate surface area is 208 Å². The van der Waals surface area contributed by atoms with E-state index in [2.05, 4.69) is 10.4 Å². The van der Waals surface area contributed by atoms with Crippen LogP contribution in [0.2, 0.25) is 0 Å². The molecule has 9 nitrogen and oxygen atoms in total. The van der Waals surface area contributed by atoms with E-state index in [0.717, 1.165) is 18.5 Å². The normalized spacial score (nSPS) is 14.0. The molecule has 1 fully saturated rings. The van der Waals surface area contributed by atoms with Gasteiger partial charge in [0.1, 0.15) is 5.69 Å². The number of amides is 1. The summed E-state index contributed by atoms with van der Waals surface area (Å²) in [6, 6.07) is 15.5. The van der Waals surface area contributed by atoms with Crippen LogP contribution < -0.4 is 5.32 Å². The van der Waals surface area contributed by atoms with Crippen LogP contribution in [-0.4, -0.2) is 39.7 Å². The number of para-hydroxylation sites is 1. The molecule has 1 aromatic heterocycles. The van der Waals surface area contributed by atoms with E-state index in [4.69, 9.17) is 4.74 Å². The van der Waals surface area contributed by atoms with Crippen LogP contribution in [-0.2, 0) is 14.3 Å². The molecule has 4 rings (SSSR count). The summed E-state index contributed by atoms with van der Waals surface area (Å²) in [5, 5.41) is 18.7. The highest BCUT2D eigenvalue weighted by atomic mass is 16.6. The molecule has 0 saturated heterocycles.